The number of benzene rings is 3. The van der Waals surface area contributed by atoms with Gasteiger partial charge < -0.3 is 23.7 Å². The Morgan fingerprint density at radius 2 is 1.38 bits per heavy atom. The molecule has 1 fully saturated rings. The summed E-state index contributed by atoms with van der Waals surface area (Å²) in [4.78, 5) is 14.5. The van der Waals surface area contributed by atoms with E-state index in [2.05, 4.69) is 11.0 Å². The molecule has 7 heteroatoms. The van der Waals surface area contributed by atoms with Gasteiger partial charge >= 0.3 is 5.97 Å². The number of hydrogen-bond acceptors (Lipinski definition) is 7. The smallest absolute Gasteiger partial charge is 0.323 e. The first kappa shape index (κ1) is 22.0. The Morgan fingerprint density at radius 3 is 1.97 bits per heavy atom. The van der Waals surface area contributed by atoms with E-state index in [1.807, 2.05) is 24.3 Å². The number of hydrogen-bond donors (Lipinski definition) is 0. The molecule has 0 amide bonds. The number of esters is 1. The summed E-state index contributed by atoms with van der Waals surface area (Å²) in [5.74, 6) is 2.46. The topological polar surface area (TPSA) is 66.5 Å². The van der Waals surface area contributed by atoms with Gasteiger partial charge in [-0.15, -0.1) is 0 Å². The standard InChI is InChI=1S/C25H29NO6/c1-28-21-10-15-9-16(14-26-8-6-7-20(26)25(27)32-5)18-12-23(30-3)24(31-4)13-19(18)17(15)11-22(21)29-2/h9-13,20H,6-8,14H2,1-5H3/t20-/m0/s1. The molecule has 0 N–H and O–H groups in total. The van der Waals surface area contributed by atoms with Crippen LogP contribution in [0.3, 0.4) is 0 Å². The maximum absolute atomic E-state index is 12.3. The molecule has 170 valence electrons. The SMILES string of the molecule is COC(=O)[C@@H]1CCCN1Cc1cc2cc(OC)c(OC)cc2c2cc(OC)c(OC)cc12. The van der Waals surface area contributed by atoms with E-state index in [4.69, 9.17) is 23.7 Å². The fraction of sp³-hybridized carbons (Fsp3) is 0.400. The van der Waals surface area contributed by atoms with Gasteiger partial charge in [0, 0.05) is 6.54 Å². The quantitative estimate of drug-likeness (QED) is 0.404. The van der Waals surface area contributed by atoms with E-state index in [9.17, 15) is 4.79 Å². The summed E-state index contributed by atoms with van der Waals surface area (Å²) in [6.07, 6.45) is 1.77. The van der Waals surface area contributed by atoms with Gasteiger partial charge in [0.15, 0.2) is 23.0 Å². The third-order valence-electron chi connectivity index (χ3n) is 6.26. The van der Waals surface area contributed by atoms with E-state index in [1.54, 1.807) is 28.4 Å². The van der Waals surface area contributed by atoms with Crippen LogP contribution in [0.5, 0.6) is 23.0 Å². The van der Waals surface area contributed by atoms with Gasteiger partial charge in [-0.1, -0.05) is 0 Å². The highest BCUT2D eigenvalue weighted by Gasteiger charge is 2.32. The number of fused-ring (bicyclic) bond motifs is 3. The van der Waals surface area contributed by atoms with Crippen LogP contribution in [0.25, 0.3) is 21.5 Å². The fourth-order valence-corrected chi connectivity index (χ4v) is 4.65. The molecule has 0 aliphatic carbocycles. The minimum atomic E-state index is -0.226. The molecule has 0 unspecified atom stereocenters. The summed E-state index contributed by atoms with van der Waals surface area (Å²) in [5.41, 5.74) is 1.09. The average molecular weight is 440 g/mol. The lowest BCUT2D eigenvalue weighted by molar-refractivity contribution is -0.146. The van der Waals surface area contributed by atoms with Gasteiger partial charge in [-0.3, -0.25) is 9.69 Å². The Balaban J connectivity index is 1.94. The van der Waals surface area contributed by atoms with Crippen molar-refractivity contribution in [2.45, 2.75) is 25.4 Å². The van der Waals surface area contributed by atoms with Crippen molar-refractivity contribution in [2.24, 2.45) is 0 Å². The Bertz CT molecular complexity index is 1160. The third-order valence-corrected chi connectivity index (χ3v) is 6.26. The van der Waals surface area contributed by atoms with Crippen molar-refractivity contribution in [1.82, 2.24) is 4.90 Å². The lowest BCUT2D eigenvalue weighted by atomic mass is 9.95. The van der Waals surface area contributed by atoms with Gasteiger partial charge in [0.2, 0.25) is 0 Å². The molecule has 1 aliphatic rings. The van der Waals surface area contributed by atoms with Gasteiger partial charge in [-0.05, 0) is 76.8 Å². The van der Waals surface area contributed by atoms with E-state index < -0.39 is 0 Å². The molecule has 1 saturated heterocycles. The van der Waals surface area contributed by atoms with Crippen molar-refractivity contribution in [3.8, 4) is 23.0 Å². The highest BCUT2D eigenvalue weighted by Crippen LogP contribution is 2.41. The Hall–Kier alpha value is -3.19. The zero-order valence-electron chi connectivity index (χ0n) is 19.2. The van der Waals surface area contributed by atoms with Crippen LogP contribution in [0.2, 0.25) is 0 Å². The second kappa shape index (κ2) is 9.12. The molecule has 7 nitrogen and oxygen atoms in total. The van der Waals surface area contributed by atoms with E-state index in [0.29, 0.717) is 29.5 Å². The van der Waals surface area contributed by atoms with Crippen molar-refractivity contribution in [1.29, 1.82) is 0 Å². The minimum Gasteiger partial charge on any atom is -0.493 e. The van der Waals surface area contributed by atoms with E-state index in [0.717, 1.165) is 46.5 Å². The first-order valence-corrected chi connectivity index (χ1v) is 10.6. The molecule has 1 aliphatic heterocycles. The zero-order valence-corrected chi connectivity index (χ0v) is 19.2. The molecule has 1 atom stereocenters. The van der Waals surface area contributed by atoms with E-state index >= 15 is 0 Å². The molecule has 0 spiro atoms. The van der Waals surface area contributed by atoms with Crippen LogP contribution in [-0.2, 0) is 16.1 Å². The normalized spacial score (nSPS) is 16.3. The highest BCUT2D eigenvalue weighted by molar-refractivity contribution is 6.11. The summed E-state index contributed by atoms with van der Waals surface area (Å²) in [6, 6.07) is 9.89. The number of ether oxygens (including phenoxy) is 5. The molecule has 3 aromatic carbocycles. The molecule has 0 radical (unpaired) electrons. The van der Waals surface area contributed by atoms with Crippen LogP contribution >= 0.6 is 0 Å². The molecular formula is C25H29NO6. The maximum atomic E-state index is 12.3. The monoisotopic (exact) mass is 439 g/mol. The fourth-order valence-electron chi connectivity index (χ4n) is 4.65. The molecule has 32 heavy (non-hydrogen) atoms. The molecule has 3 aromatic rings. The Labute approximate surface area is 187 Å². The minimum absolute atomic E-state index is 0.182. The Morgan fingerprint density at radius 1 is 0.812 bits per heavy atom. The summed E-state index contributed by atoms with van der Waals surface area (Å²) in [6.45, 7) is 1.47. The summed E-state index contributed by atoms with van der Waals surface area (Å²) in [5, 5.41) is 4.10. The molecule has 0 bridgehead atoms. The summed E-state index contributed by atoms with van der Waals surface area (Å²) < 4.78 is 27.3. The van der Waals surface area contributed by atoms with Gasteiger partial charge in [-0.2, -0.15) is 0 Å². The Kier molecular flexibility index (Phi) is 6.28. The lowest BCUT2D eigenvalue weighted by Crippen LogP contribution is -2.36. The average Bonchev–Trinajstić information content (AvgIpc) is 3.29. The molecular weight excluding hydrogens is 410 g/mol. The second-order valence-electron chi connectivity index (χ2n) is 7.87. The number of carbonyl (C=O) groups is 1. The lowest BCUT2D eigenvalue weighted by Gasteiger charge is -2.24. The molecule has 0 aromatic heterocycles. The largest absolute Gasteiger partial charge is 0.493 e. The van der Waals surface area contributed by atoms with Crippen molar-refractivity contribution < 1.29 is 28.5 Å². The third kappa shape index (κ3) is 3.77. The van der Waals surface area contributed by atoms with Crippen molar-refractivity contribution in [3.05, 3.63) is 35.9 Å². The van der Waals surface area contributed by atoms with Crippen LogP contribution in [0.15, 0.2) is 30.3 Å². The number of methoxy groups -OCH3 is 5. The van der Waals surface area contributed by atoms with Crippen LogP contribution in [0.1, 0.15) is 18.4 Å². The zero-order chi connectivity index (χ0) is 22.8. The van der Waals surface area contributed by atoms with Crippen LogP contribution in [-0.4, -0.2) is 59.0 Å². The van der Waals surface area contributed by atoms with Gasteiger partial charge in [0.1, 0.15) is 6.04 Å². The van der Waals surface area contributed by atoms with Crippen molar-refractivity contribution >= 4 is 27.5 Å². The molecule has 4 rings (SSSR count). The summed E-state index contributed by atoms with van der Waals surface area (Å²) >= 11 is 0. The van der Waals surface area contributed by atoms with Gasteiger partial charge in [-0.25, -0.2) is 0 Å². The number of carbonyl (C=O) groups excluding carboxylic acids is 1. The molecule has 0 saturated carbocycles. The summed E-state index contributed by atoms with van der Waals surface area (Å²) in [7, 11) is 7.96. The van der Waals surface area contributed by atoms with Gasteiger partial charge in [0.05, 0.1) is 35.5 Å². The van der Waals surface area contributed by atoms with E-state index in [-0.39, 0.29) is 12.0 Å². The van der Waals surface area contributed by atoms with Crippen molar-refractivity contribution in [3.63, 3.8) is 0 Å². The molecule has 1 heterocycles. The van der Waals surface area contributed by atoms with Crippen LogP contribution in [0.4, 0.5) is 0 Å². The predicted octanol–water partition coefficient (Wildman–Crippen LogP) is 4.16. The van der Waals surface area contributed by atoms with Gasteiger partial charge in [0.25, 0.3) is 0 Å². The number of likely N-dealkylation sites (tertiary alicyclic amines) is 1. The van der Waals surface area contributed by atoms with Crippen LogP contribution < -0.4 is 18.9 Å². The van der Waals surface area contributed by atoms with E-state index in [1.165, 1.54) is 7.11 Å². The maximum Gasteiger partial charge on any atom is 0.323 e. The first-order valence-electron chi connectivity index (χ1n) is 10.6. The highest BCUT2D eigenvalue weighted by atomic mass is 16.5. The number of nitrogens with zero attached hydrogens (tertiary/aromatic N) is 1. The second-order valence-corrected chi connectivity index (χ2v) is 7.87. The first-order chi connectivity index (χ1) is 15.5. The van der Waals surface area contributed by atoms with Crippen LogP contribution in [0, 0.1) is 0 Å². The number of rotatable bonds is 7. The predicted molar refractivity (Wildman–Crippen MR) is 123 cm³/mol. The van der Waals surface area contributed by atoms with Crippen molar-refractivity contribution in [2.75, 3.05) is 42.1 Å².